The minimum absolute atomic E-state index is 0.0370. The molecule has 8 nitrogen and oxygen atoms in total. The Balaban J connectivity index is 1.39. The molecule has 1 aliphatic heterocycles. The molecule has 0 aromatic carbocycles. The lowest BCUT2D eigenvalue weighted by molar-refractivity contribution is -0.127. The van der Waals surface area contributed by atoms with Gasteiger partial charge in [-0.05, 0) is 37.8 Å². The van der Waals surface area contributed by atoms with Gasteiger partial charge in [0.05, 0.1) is 0 Å². The molecular formula is C21H28N6O2. The van der Waals surface area contributed by atoms with Crippen LogP contribution in [0.5, 0.6) is 0 Å². The van der Waals surface area contributed by atoms with Crippen molar-refractivity contribution in [3.63, 3.8) is 0 Å². The van der Waals surface area contributed by atoms with E-state index in [1.165, 1.54) is 12.8 Å². The minimum atomic E-state index is -0.586. The summed E-state index contributed by atoms with van der Waals surface area (Å²) in [5, 5.41) is 7.51. The average molecular weight is 396 g/mol. The molecule has 8 heteroatoms. The number of fused-ring (bicyclic) bond motifs is 1. The molecule has 2 saturated carbocycles. The predicted molar refractivity (Wildman–Crippen MR) is 106 cm³/mol. The molecule has 3 aliphatic rings. The third kappa shape index (κ3) is 3.55. The molecule has 0 spiro atoms. The molecule has 154 valence electrons. The van der Waals surface area contributed by atoms with Crippen LogP contribution in [0.4, 0.5) is 0 Å². The van der Waals surface area contributed by atoms with Crippen molar-refractivity contribution < 1.29 is 9.32 Å². The molecule has 1 amide bonds. The third-order valence-corrected chi connectivity index (χ3v) is 6.78. The number of carbonyl (C=O) groups is 1. The summed E-state index contributed by atoms with van der Waals surface area (Å²) in [4.78, 5) is 22.1. The van der Waals surface area contributed by atoms with E-state index in [2.05, 4.69) is 31.3 Å². The standard InChI is InChI=1S/C21H28N6O2/c28-19(17-15-8-2-3-9-16(15)25-26-17)24-21(10-4-1-5-11-21)20-23-18(27-29-20)14-7-6-12-22-13-14/h6-7,12-13,15-17,25-26H,1-5,8-11H2,(H,24,28). The number of hydrogen-bond donors (Lipinski definition) is 3. The SMILES string of the molecule is O=C(NC1(c2nc(-c3cccnc3)no2)CCCCC1)C1NNC2CCCCC21. The van der Waals surface area contributed by atoms with E-state index in [-0.39, 0.29) is 11.9 Å². The number of carbonyl (C=O) groups excluding carboxylic acids is 1. The smallest absolute Gasteiger partial charge is 0.252 e. The van der Waals surface area contributed by atoms with E-state index in [9.17, 15) is 4.79 Å². The first-order chi connectivity index (χ1) is 14.3. The number of nitrogens with zero attached hydrogens (tertiary/aromatic N) is 3. The Morgan fingerprint density at radius 3 is 2.83 bits per heavy atom. The Labute approximate surface area is 170 Å². The Bertz CT molecular complexity index is 848. The van der Waals surface area contributed by atoms with Crippen molar-refractivity contribution in [2.24, 2.45) is 5.92 Å². The highest BCUT2D eigenvalue weighted by molar-refractivity contribution is 5.83. The molecular weight excluding hydrogens is 368 g/mol. The Morgan fingerprint density at radius 2 is 2.00 bits per heavy atom. The normalized spacial score (nSPS) is 28.6. The van der Waals surface area contributed by atoms with Crippen LogP contribution in [0, 0.1) is 5.92 Å². The minimum Gasteiger partial charge on any atom is -0.340 e. The summed E-state index contributed by atoms with van der Waals surface area (Å²) in [6.07, 6.45) is 12.9. The van der Waals surface area contributed by atoms with Crippen LogP contribution >= 0.6 is 0 Å². The van der Waals surface area contributed by atoms with Gasteiger partial charge in [-0.25, -0.2) is 5.43 Å². The fourth-order valence-corrected chi connectivity index (χ4v) is 5.19. The van der Waals surface area contributed by atoms with Crippen molar-refractivity contribution in [2.75, 3.05) is 0 Å². The first-order valence-corrected chi connectivity index (χ1v) is 10.8. The quantitative estimate of drug-likeness (QED) is 0.729. The van der Waals surface area contributed by atoms with Crippen LogP contribution < -0.4 is 16.2 Å². The Hall–Kier alpha value is -2.32. The summed E-state index contributed by atoms with van der Waals surface area (Å²) >= 11 is 0. The van der Waals surface area contributed by atoms with Crippen LogP contribution in [0.15, 0.2) is 29.0 Å². The second kappa shape index (κ2) is 7.84. The maximum atomic E-state index is 13.3. The summed E-state index contributed by atoms with van der Waals surface area (Å²) in [6.45, 7) is 0. The molecule has 29 heavy (non-hydrogen) atoms. The highest BCUT2D eigenvalue weighted by atomic mass is 16.5. The van der Waals surface area contributed by atoms with Gasteiger partial charge in [-0.2, -0.15) is 4.98 Å². The average Bonchev–Trinajstić information content (AvgIpc) is 3.43. The molecule has 1 saturated heterocycles. The van der Waals surface area contributed by atoms with Crippen molar-refractivity contribution in [3.8, 4) is 11.4 Å². The molecule has 3 fully saturated rings. The zero-order chi connectivity index (χ0) is 19.7. The van der Waals surface area contributed by atoms with Gasteiger partial charge >= 0.3 is 0 Å². The second-order valence-corrected chi connectivity index (χ2v) is 8.62. The molecule has 0 bridgehead atoms. The van der Waals surface area contributed by atoms with Gasteiger partial charge in [0, 0.05) is 29.9 Å². The van der Waals surface area contributed by atoms with Gasteiger partial charge in [-0.1, -0.05) is 37.3 Å². The van der Waals surface area contributed by atoms with Gasteiger partial charge in [0.1, 0.15) is 11.6 Å². The fourth-order valence-electron chi connectivity index (χ4n) is 5.19. The monoisotopic (exact) mass is 396 g/mol. The van der Waals surface area contributed by atoms with Crippen LogP contribution in [-0.4, -0.2) is 33.1 Å². The maximum absolute atomic E-state index is 13.3. The number of hydrazine groups is 1. The first kappa shape index (κ1) is 18.7. The van der Waals surface area contributed by atoms with Gasteiger partial charge in [-0.15, -0.1) is 0 Å². The van der Waals surface area contributed by atoms with Gasteiger partial charge in [-0.3, -0.25) is 15.2 Å². The van der Waals surface area contributed by atoms with Gasteiger partial charge in [0.15, 0.2) is 0 Å². The van der Waals surface area contributed by atoms with Crippen molar-refractivity contribution in [1.29, 1.82) is 0 Å². The van der Waals surface area contributed by atoms with E-state index in [0.717, 1.165) is 50.5 Å². The topological polar surface area (TPSA) is 105 Å². The molecule has 2 aliphatic carbocycles. The van der Waals surface area contributed by atoms with Crippen molar-refractivity contribution in [2.45, 2.75) is 75.4 Å². The lowest BCUT2D eigenvalue weighted by Gasteiger charge is -2.36. The summed E-state index contributed by atoms with van der Waals surface area (Å²) < 4.78 is 5.69. The summed E-state index contributed by atoms with van der Waals surface area (Å²) in [5.74, 6) is 1.41. The maximum Gasteiger partial charge on any atom is 0.252 e. The van der Waals surface area contributed by atoms with Crippen LogP contribution in [0.1, 0.15) is 63.7 Å². The molecule has 3 unspecified atom stereocenters. The Kier molecular flexibility index (Phi) is 5.05. The van der Waals surface area contributed by atoms with E-state index >= 15 is 0 Å². The van der Waals surface area contributed by atoms with E-state index in [1.807, 2.05) is 12.1 Å². The molecule has 3 N–H and O–H groups in total. The molecule has 2 aromatic rings. The van der Waals surface area contributed by atoms with Crippen LogP contribution in [0.2, 0.25) is 0 Å². The van der Waals surface area contributed by atoms with Crippen LogP contribution in [0.25, 0.3) is 11.4 Å². The van der Waals surface area contributed by atoms with Crippen molar-refractivity contribution in [1.82, 2.24) is 31.3 Å². The van der Waals surface area contributed by atoms with Crippen LogP contribution in [-0.2, 0) is 10.3 Å². The number of nitrogens with one attached hydrogen (secondary N) is 3. The summed E-state index contributed by atoms with van der Waals surface area (Å²) in [7, 11) is 0. The van der Waals surface area contributed by atoms with Gasteiger partial charge in [0.2, 0.25) is 11.7 Å². The highest BCUT2D eigenvalue weighted by Gasteiger charge is 2.46. The zero-order valence-corrected chi connectivity index (χ0v) is 16.6. The Morgan fingerprint density at radius 1 is 1.14 bits per heavy atom. The largest absolute Gasteiger partial charge is 0.340 e. The third-order valence-electron chi connectivity index (χ3n) is 6.78. The van der Waals surface area contributed by atoms with E-state index < -0.39 is 5.54 Å². The highest BCUT2D eigenvalue weighted by Crippen LogP contribution is 2.38. The second-order valence-electron chi connectivity index (χ2n) is 8.62. The lowest BCUT2D eigenvalue weighted by Crippen LogP contribution is -2.54. The lowest BCUT2D eigenvalue weighted by atomic mass is 9.79. The summed E-state index contributed by atoms with van der Waals surface area (Å²) in [6, 6.07) is 3.94. The number of rotatable bonds is 4. The zero-order valence-electron chi connectivity index (χ0n) is 16.6. The molecule has 5 rings (SSSR count). The number of hydrogen-bond acceptors (Lipinski definition) is 7. The van der Waals surface area contributed by atoms with Gasteiger partial charge < -0.3 is 9.84 Å². The number of pyridine rings is 1. The van der Waals surface area contributed by atoms with E-state index in [0.29, 0.717) is 23.7 Å². The molecule has 2 aromatic heterocycles. The number of aromatic nitrogens is 3. The summed E-state index contributed by atoms with van der Waals surface area (Å²) in [5.41, 5.74) is 6.81. The van der Waals surface area contributed by atoms with E-state index in [4.69, 9.17) is 4.52 Å². The fraction of sp³-hybridized carbons (Fsp3) is 0.619. The number of amides is 1. The van der Waals surface area contributed by atoms with E-state index in [1.54, 1.807) is 12.4 Å². The molecule has 3 atom stereocenters. The molecule has 3 heterocycles. The molecule has 0 radical (unpaired) electrons. The van der Waals surface area contributed by atoms with Crippen molar-refractivity contribution in [3.05, 3.63) is 30.4 Å². The van der Waals surface area contributed by atoms with Gasteiger partial charge in [0.25, 0.3) is 5.89 Å². The van der Waals surface area contributed by atoms with Crippen molar-refractivity contribution >= 4 is 5.91 Å². The first-order valence-electron chi connectivity index (χ1n) is 10.8. The predicted octanol–water partition coefficient (Wildman–Crippen LogP) is 2.44. The van der Waals surface area contributed by atoms with Crippen LogP contribution in [0.3, 0.4) is 0 Å².